The van der Waals surface area contributed by atoms with Gasteiger partial charge in [0, 0.05) is 42.8 Å². The summed E-state index contributed by atoms with van der Waals surface area (Å²) in [6.45, 7) is 2.34. The van der Waals surface area contributed by atoms with Crippen LogP contribution in [0.15, 0.2) is 30.9 Å². The van der Waals surface area contributed by atoms with Crippen molar-refractivity contribution < 1.29 is 37.5 Å². The zero-order valence-electron chi connectivity index (χ0n) is 18.3. The summed E-state index contributed by atoms with van der Waals surface area (Å²) in [5.74, 6) is -2.67. The van der Waals surface area contributed by atoms with E-state index in [4.69, 9.17) is 4.74 Å². The van der Waals surface area contributed by atoms with E-state index < -0.39 is 43.1 Å². The van der Waals surface area contributed by atoms with Crippen molar-refractivity contribution in [3.8, 4) is 5.82 Å². The Kier molecular flexibility index (Phi) is 6.38. The SMILES string of the molecule is CCN(C)c1cc[n+](-c2nc(NC(=O)C(F)(F)F)nc3c2ncn3[C@H]2CC(O)[C@@H](CO)O2)cc1. The first-order chi connectivity index (χ1) is 16.1. The third-order valence-electron chi connectivity index (χ3n) is 5.55. The molecule has 1 amide bonds. The molecule has 11 nitrogen and oxygen atoms in total. The molecule has 182 valence electrons. The number of halogens is 3. The van der Waals surface area contributed by atoms with E-state index in [1.807, 2.05) is 18.9 Å². The molecule has 3 atom stereocenters. The summed E-state index contributed by atoms with van der Waals surface area (Å²) >= 11 is 0. The number of aliphatic hydroxyl groups excluding tert-OH is 2. The van der Waals surface area contributed by atoms with Gasteiger partial charge in [-0.15, -0.1) is 0 Å². The molecule has 3 aromatic heterocycles. The quantitative estimate of drug-likeness (QED) is 0.438. The zero-order chi connectivity index (χ0) is 24.6. The number of nitrogens with zero attached hydrogens (tertiary/aromatic N) is 6. The molecule has 0 saturated carbocycles. The lowest BCUT2D eigenvalue weighted by Gasteiger charge is -2.16. The maximum absolute atomic E-state index is 12.8. The fourth-order valence-electron chi connectivity index (χ4n) is 3.57. The number of hydrogen-bond acceptors (Lipinski definition) is 8. The average molecular weight is 482 g/mol. The molecule has 3 aromatic rings. The topological polar surface area (TPSA) is 130 Å². The van der Waals surface area contributed by atoms with Gasteiger partial charge in [-0.3, -0.25) is 14.7 Å². The molecule has 3 N–H and O–H groups in total. The maximum Gasteiger partial charge on any atom is 0.471 e. The van der Waals surface area contributed by atoms with Crippen molar-refractivity contribution in [3.63, 3.8) is 0 Å². The number of aliphatic hydroxyl groups is 2. The van der Waals surface area contributed by atoms with Crippen LogP contribution in [0, 0.1) is 0 Å². The number of hydrogen-bond donors (Lipinski definition) is 3. The van der Waals surface area contributed by atoms with Crippen molar-refractivity contribution in [2.75, 3.05) is 30.4 Å². The standard InChI is InChI=1S/C20H22F3N7O4/c1-3-28(2)11-4-6-29(7-5-11)16-15-17(26-19(25-16)27-18(33)20(21,22)23)30(10-24-15)14-8-12(32)13(9-31)34-14/h4-7,10,12-14,31-32H,3,8-9H2,1-2H3/p+1/t12?,13-,14-/m1/s1. The van der Waals surface area contributed by atoms with Gasteiger partial charge in [-0.25, -0.2) is 9.55 Å². The molecule has 4 heterocycles. The molecule has 4 rings (SSSR count). The van der Waals surface area contributed by atoms with Crippen LogP contribution in [0.25, 0.3) is 17.0 Å². The normalized spacial score (nSPS) is 20.6. The van der Waals surface area contributed by atoms with Gasteiger partial charge in [0.1, 0.15) is 12.3 Å². The van der Waals surface area contributed by atoms with Crippen LogP contribution in [0.2, 0.25) is 0 Å². The van der Waals surface area contributed by atoms with Crippen LogP contribution in [0.5, 0.6) is 0 Å². The number of imidazole rings is 1. The molecule has 14 heteroatoms. The number of rotatable bonds is 6. The Morgan fingerprint density at radius 1 is 1.35 bits per heavy atom. The minimum Gasteiger partial charge on any atom is -0.394 e. The monoisotopic (exact) mass is 482 g/mol. The Morgan fingerprint density at radius 3 is 2.65 bits per heavy atom. The Morgan fingerprint density at radius 2 is 2.06 bits per heavy atom. The lowest BCUT2D eigenvalue weighted by molar-refractivity contribution is -0.598. The second-order valence-corrected chi connectivity index (χ2v) is 7.74. The molecule has 0 bridgehead atoms. The van der Waals surface area contributed by atoms with Gasteiger partial charge >= 0.3 is 23.8 Å². The van der Waals surface area contributed by atoms with E-state index in [0.717, 1.165) is 12.2 Å². The number of nitrogens with one attached hydrogen (secondary N) is 1. The predicted molar refractivity (Wildman–Crippen MR) is 112 cm³/mol. The summed E-state index contributed by atoms with van der Waals surface area (Å²) in [5.41, 5.74) is 1.22. The third-order valence-corrected chi connectivity index (χ3v) is 5.55. The number of amides is 1. The average Bonchev–Trinajstić information content (AvgIpc) is 3.40. The highest BCUT2D eigenvalue weighted by molar-refractivity contribution is 5.94. The molecule has 0 spiro atoms. The molecular weight excluding hydrogens is 459 g/mol. The van der Waals surface area contributed by atoms with Gasteiger partial charge in [0.2, 0.25) is 5.52 Å². The van der Waals surface area contributed by atoms with E-state index in [2.05, 4.69) is 15.0 Å². The number of anilines is 2. The van der Waals surface area contributed by atoms with Crippen LogP contribution in [-0.4, -0.2) is 74.2 Å². The van der Waals surface area contributed by atoms with E-state index in [1.165, 1.54) is 10.9 Å². The van der Waals surface area contributed by atoms with Gasteiger partial charge in [-0.2, -0.15) is 18.2 Å². The van der Waals surface area contributed by atoms with Crippen LogP contribution in [-0.2, 0) is 9.53 Å². The lowest BCUT2D eigenvalue weighted by Crippen LogP contribution is -2.34. The van der Waals surface area contributed by atoms with Crippen molar-refractivity contribution in [3.05, 3.63) is 30.9 Å². The van der Waals surface area contributed by atoms with E-state index in [9.17, 15) is 28.2 Å². The molecule has 1 unspecified atom stereocenters. The first kappa shape index (κ1) is 23.8. The predicted octanol–water partition coefficient (Wildman–Crippen LogP) is 0.701. The summed E-state index contributed by atoms with van der Waals surface area (Å²) in [7, 11) is 1.91. The number of carbonyl (C=O) groups excluding carboxylic acids is 1. The number of aromatic nitrogens is 5. The number of ether oxygens (including phenoxy) is 1. The van der Waals surface area contributed by atoms with Gasteiger partial charge in [-0.05, 0) is 6.92 Å². The van der Waals surface area contributed by atoms with Crippen molar-refractivity contribution in [1.82, 2.24) is 19.5 Å². The summed E-state index contributed by atoms with van der Waals surface area (Å²) in [5, 5.41) is 21.1. The van der Waals surface area contributed by atoms with E-state index in [0.29, 0.717) is 0 Å². The summed E-state index contributed by atoms with van der Waals surface area (Å²) in [6, 6.07) is 3.59. The molecule has 1 aliphatic rings. The second kappa shape index (κ2) is 9.12. The van der Waals surface area contributed by atoms with Gasteiger partial charge in [0.15, 0.2) is 5.65 Å². The smallest absolute Gasteiger partial charge is 0.394 e. The Hall–Kier alpha value is -3.36. The zero-order valence-corrected chi connectivity index (χ0v) is 18.3. The molecule has 0 aromatic carbocycles. The molecular formula is C20H23F3N7O4+. The number of carbonyl (C=O) groups is 1. The second-order valence-electron chi connectivity index (χ2n) is 7.74. The van der Waals surface area contributed by atoms with Crippen molar-refractivity contribution in [2.45, 2.75) is 38.0 Å². The molecule has 0 radical (unpaired) electrons. The van der Waals surface area contributed by atoms with Crippen molar-refractivity contribution >= 4 is 28.7 Å². The highest BCUT2D eigenvalue weighted by atomic mass is 19.4. The maximum atomic E-state index is 12.8. The van der Waals surface area contributed by atoms with Crippen molar-refractivity contribution in [2.24, 2.45) is 0 Å². The van der Waals surface area contributed by atoms with Crippen LogP contribution >= 0.6 is 0 Å². The highest BCUT2D eigenvalue weighted by Crippen LogP contribution is 2.31. The molecule has 1 saturated heterocycles. The van der Waals surface area contributed by atoms with Gasteiger partial charge in [0.25, 0.3) is 0 Å². The van der Waals surface area contributed by atoms with E-state index in [-0.39, 0.29) is 23.4 Å². The fourth-order valence-corrected chi connectivity index (χ4v) is 3.57. The largest absolute Gasteiger partial charge is 0.471 e. The fraction of sp³-hybridized carbons (Fsp3) is 0.450. The number of pyridine rings is 1. The van der Waals surface area contributed by atoms with Crippen LogP contribution in [0.4, 0.5) is 24.8 Å². The van der Waals surface area contributed by atoms with Crippen LogP contribution in [0.1, 0.15) is 19.6 Å². The Labute approximate surface area is 191 Å². The third kappa shape index (κ3) is 4.51. The number of fused-ring (bicyclic) bond motifs is 1. The molecule has 1 aliphatic heterocycles. The van der Waals surface area contributed by atoms with Gasteiger partial charge in [-0.1, -0.05) is 0 Å². The van der Waals surface area contributed by atoms with Crippen LogP contribution < -0.4 is 14.8 Å². The molecule has 1 fully saturated rings. The highest BCUT2D eigenvalue weighted by Gasteiger charge is 2.41. The lowest BCUT2D eigenvalue weighted by atomic mass is 10.2. The molecule has 34 heavy (non-hydrogen) atoms. The number of alkyl halides is 3. The van der Waals surface area contributed by atoms with Gasteiger partial charge in [0.05, 0.1) is 31.4 Å². The van der Waals surface area contributed by atoms with Crippen LogP contribution in [0.3, 0.4) is 0 Å². The first-order valence-corrected chi connectivity index (χ1v) is 10.4. The first-order valence-electron chi connectivity index (χ1n) is 10.4. The van der Waals surface area contributed by atoms with E-state index in [1.54, 1.807) is 34.4 Å². The minimum absolute atomic E-state index is 0.0838. The minimum atomic E-state index is -5.13. The summed E-state index contributed by atoms with van der Waals surface area (Å²) in [4.78, 5) is 26.0. The summed E-state index contributed by atoms with van der Waals surface area (Å²) < 4.78 is 47.1. The van der Waals surface area contributed by atoms with E-state index >= 15 is 0 Å². The summed E-state index contributed by atoms with van der Waals surface area (Å²) in [6.07, 6.45) is -2.91. The molecule has 0 aliphatic carbocycles. The Bertz CT molecular complexity index is 1190. The van der Waals surface area contributed by atoms with Crippen molar-refractivity contribution in [1.29, 1.82) is 0 Å². The van der Waals surface area contributed by atoms with Gasteiger partial charge < -0.3 is 19.8 Å². The Balaban J connectivity index is 1.81.